The zero-order valence-electron chi connectivity index (χ0n) is 14.5. The molecule has 0 saturated carbocycles. The van der Waals surface area contributed by atoms with Crippen LogP contribution < -0.4 is 5.32 Å². The minimum atomic E-state index is -0.350. The fourth-order valence-electron chi connectivity index (χ4n) is 3.48. The second kappa shape index (κ2) is 6.98. The second-order valence-electron chi connectivity index (χ2n) is 6.55. The molecule has 3 aromatic rings. The van der Waals surface area contributed by atoms with Crippen molar-refractivity contribution in [2.24, 2.45) is 0 Å². The monoisotopic (exact) mass is 403 g/mol. The van der Waals surface area contributed by atoms with Gasteiger partial charge >= 0.3 is 0 Å². The summed E-state index contributed by atoms with van der Waals surface area (Å²) in [5, 5.41) is 8.29. The standard InChI is InChI=1S/C20H16Cl2FN3O/c1-11-18(19(22)26(25-11)15-6-4-14(23)5-7-15)20(27)24-17-9-2-12-10-13(21)3-8-16(12)17/h3-8,10,17H,2,9H2,1H3,(H,24,27)/t17-/m0/s1. The number of rotatable bonds is 3. The Morgan fingerprint density at radius 1 is 1.22 bits per heavy atom. The van der Waals surface area contributed by atoms with Crippen molar-refractivity contribution in [3.05, 3.63) is 80.8 Å². The Morgan fingerprint density at radius 3 is 2.70 bits per heavy atom. The van der Waals surface area contributed by atoms with Crippen LogP contribution in [0.15, 0.2) is 42.5 Å². The van der Waals surface area contributed by atoms with Crippen LogP contribution >= 0.6 is 23.2 Å². The van der Waals surface area contributed by atoms with Gasteiger partial charge in [-0.1, -0.05) is 29.3 Å². The fraction of sp³-hybridized carbons (Fsp3) is 0.200. The van der Waals surface area contributed by atoms with Gasteiger partial charge in [0.15, 0.2) is 0 Å². The quantitative estimate of drug-likeness (QED) is 0.665. The van der Waals surface area contributed by atoms with Crippen LogP contribution in [-0.4, -0.2) is 15.7 Å². The molecular weight excluding hydrogens is 388 g/mol. The van der Waals surface area contributed by atoms with Gasteiger partial charge in [-0.25, -0.2) is 9.07 Å². The molecule has 2 aromatic carbocycles. The molecule has 7 heteroatoms. The van der Waals surface area contributed by atoms with Gasteiger partial charge in [0.05, 0.1) is 23.0 Å². The number of nitrogens with one attached hydrogen (secondary N) is 1. The number of nitrogens with zero attached hydrogens (tertiary/aromatic N) is 2. The molecule has 0 unspecified atom stereocenters. The summed E-state index contributed by atoms with van der Waals surface area (Å²) >= 11 is 12.5. The molecule has 1 amide bonds. The Kier molecular flexibility index (Phi) is 4.66. The molecule has 1 heterocycles. The van der Waals surface area contributed by atoms with Crippen LogP contribution in [-0.2, 0) is 6.42 Å². The summed E-state index contributed by atoms with van der Waals surface area (Å²) in [7, 11) is 0. The van der Waals surface area contributed by atoms with Crippen LogP contribution in [0.2, 0.25) is 10.2 Å². The predicted molar refractivity (Wildman–Crippen MR) is 103 cm³/mol. The van der Waals surface area contributed by atoms with E-state index >= 15 is 0 Å². The molecule has 0 radical (unpaired) electrons. The smallest absolute Gasteiger partial charge is 0.256 e. The third kappa shape index (κ3) is 3.33. The van der Waals surface area contributed by atoms with Gasteiger partial charge in [0.2, 0.25) is 0 Å². The maximum absolute atomic E-state index is 13.2. The molecule has 0 fully saturated rings. The van der Waals surface area contributed by atoms with E-state index in [1.54, 1.807) is 19.1 Å². The highest BCUT2D eigenvalue weighted by Crippen LogP contribution is 2.33. The van der Waals surface area contributed by atoms with Gasteiger partial charge in [-0.15, -0.1) is 0 Å². The Morgan fingerprint density at radius 2 is 1.96 bits per heavy atom. The first kappa shape index (κ1) is 18.0. The summed E-state index contributed by atoms with van der Waals surface area (Å²) in [5.41, 5.74) is 3.65. The molecule has 1 N–H and O–H groups in total. The molecule has 1 atom stereocenters. The van der Waals surface area contributed by atoms with E-state index in [0.717, 1.165) is 24.0 Å². The molecule has 1 aliphatic rings. The number of aryl methyl sites for hydroxylation is 2. The summed E-state index contributed by atoms with van der Waals surface area (Å²) in [4.78, 5) is 12.9. The number of aromatic nitrogens is 2. The highest BCUT2D eigenvalue weighted by atomic mass is 35.5. The van der Waals surface area contributed by atoms with E-state index in [1.165, 1.54) is 16.8 Å². The van der Waals surface area contributed by atoms with E-state index in [4.69, 9.17) is 23.2 Å². The lowest BCUT2D eigenvalue weighted by atomic mass is 10.1. The summed E-state index contributed by atoms with van der Waals surface area (Å²) in [6.07, 6.45) is 1.67. The number of halogens is 3. The van der Waals surface area contributed by atoms with Crippen molar-refractivity contribution in [1.29, 1.82) is 0 Å². The van der Waals surface area contributed by atoms with Crippen LogP contribution in [0.25, 0.3) is 5.69 Å². The number of amides is 1. The second-order valence-corrected chi connectivity index (χ2v) is 7.34. The van der Waals surface area contributed by atoms with E-state index in [-0.39, 0.29) is 22.9 Å². The van der Waals surface area contributed by atoms with Crippen molar-refractivity contribution in [2.75, 3.05) is 0 Å². The largest absolute Gasteiger partial charge is 0.345 e. The Labute approximate surface area is 165 Å². The molecular formula is C20H16Cl2FN3O. The maximum Gasteiger partial charge on any atom is 0.256 e. The number of benzene rings is 2. The first-order valence-corrected chi connectivity index (χ1v) is 9.30. The van der Waals surface area contributed by atoms with E-state index in [2.05, 4.69) is 10.4 Å². The molecule has 1 aliphatic carbocycles. The van der Waals surface area contributed by atoms with E-state index in [9.17, 15) is 9.18 Å². The molecule has 4 nitrogen and oxygen atoms in total. The van der Waals surface area contributed by atoms with Crippen LogP contribution in [0.1, 0.15) is 39.6 Å². The Balaban J connectivity index is 1.61. The lowest BCUT2D eigenvalue weighted by Gasteiger charge is -2.14. The van der Waals surface area contributed by atoms with Crippen molar-refractivity contribution >= 4 is 29.1 Å². The van der Waals surface area contributed by atoms with Crippen molar-refractivity contribution in [1.82, 2.24) is 15.1 Å². The minimum absolute atomic E-state index is 0.0885. The van der Waals surface area contributed by atoms with Crippen LogP contribution in [0.3, 0.4) is 0 Å². The summed E-state index contributed by atoms with van der Waals surface area (Å²) in [5.74, 6) is -0.629. The van der Waals surface area contributed by atoms with Gasteiger partial charge in [0.25, 0.3) is 5.91 Å². The molecule has 0 saturated heterocycles. The zero-order chi connectivity index (χ0) is 19.1. The topological polar surface area (TPSA) is 46.9 Å². The van der Waals surface area contributed by atoms with Crippen LogP contribution in [0.4, 0.5) is 4.39 Å². The fourth-order valence-corrected chi connectivity index (χ4v) is 4.03. The van der Waals surface area contributed by atoms with Gasteiger partial charge in [0, 0.05) is 5.02 Å². The number of carbonyl (C=O) groups is 1. The lowest BCUT2D eigenvalue weighted by molar-refractivity contribution is 0.0936. The first-order chi connectivity index (χ1) is 12.9. The van der Waals surface area contributed by atoms with Crippen molar-refractivity contribution in [2.45, 2.75) is 25.8 Å². The van der Waals surface area contributed by atoms with Crippen molar-refractivity contribution in [3.8, 4) is 5.69 Å². The van der Waals surface area contributed by atoms with Gasteiger partial charge in [-0.3, -0.25) is 4.79 Å². The highest BCUT2D eigenvalue weighted by Gasteiger charge is 2.27. The lowest BCUT2D eigenvalue weighted by Crippen LogP contribution is -2.27. The van der Waals surface area contributed by atoms with Gasteiger partial charge in [-0.05, 0) is 67.3 Å². The molecule has 0 spiro atoms. The predicted octanol–water partition coefficient (Wildman–Crippen LogP) is 5.04. The third-order valence-electron chi connectivity index (χ3n) is 4.79. The van der Waals surface area contributed by atoms with E-state index in [1.807, 2.05) is 18.2 Å². The van der Waals surface area contributed by atoms with Crippen molar-refractivity contribution in [3.63, 3.8) is 0 Å². The summed E-state index contributed by atoms with van der Waals surface area (Å²) < 4.78 is 14.6. The average molecular weight is 404 g/mol. The SMILES string of the molecule is Cc1nn(-c2ccc(F)cc2)c(Cl)c1C(=O)N[C@H]1CCc2cc(Cl)ccc21. The Hall–Kier alpha value is -2.37. The number of hydrogen-bond donors (Lipinski definition) is 1. The van der Waals surface area contributed by atoms with E-state index < -0.39 is 0 Å². The first-order valence-electron chi connectivity index (χ1n) is 8.54. The van der Waals surface area contributed by atoms with Crippen molar-refractivity contribution < 1.29 is 9.18 Å². The van der Waals surface area contributed by atoms with E-state index in [0.29, 0.717) is 22.0 Å². The number of fused-ring (bicyclic) bond motifs is 1. The molecule has 138 valence electrons. The average Bonchev–Trinajstić information content (AvgIpc) is 3.15. The maximum atomic E-state index is 13.2. The molecule has 4 rings (SSSR count). The van der Waals surface area contributed by atoms with Gasteiger partial charge in [-0.2, -0.15) is 5.10 Å². The minimum Gasteiger partial charge on any atom is -0.345 e. The number of hydrogen-bond acceptors (Lipinski definition) is 2. The number of carbonyl (C=O) groups excluding carboxylic acids is 1. The van der Waals surface area contributed by atoms with Crippen LogP contribution in [0, 0.1) is 12.7 Å². The molecule has 0 bridgehead atoms. The van der Waals surface area contributed by atoms with Crippen LogP contribution in [0.5, 0.6) is 0 Å². The van der Waals surface area contributed by atoms with Gasteiger partial charge < -0.3 is 5.32 Å². The summed E-state index contributed by atoms with van der Waals surface area (Å²) in [6.45, 7) is 1.73. The Bertz CT molecular complexity index is 1030. The molecule has 0 aliphatic heterocycles. The summed E-state index contributed by atoms with van der Waals surface area (Å²) in [6, 6.07) is 11.4. The zero-order valence-corrected chi connectivity index (χ0v) is 16.0. The normalized spacial score (nSPS) is 15.6. The molecule has 27 heavy (non-hydrogen) atoms. The third-order valence-corrected chi connectivity index (χ3v) is 5.37. The van der Waals surface area contributed by atoms with Gasteiger partial charge in [0.1, 0.15) is 11.0 Å². The highest BCUT2D eigenvalue weighted by molar-refractivity contribution is 6.33. The molecule has 1 aromatic heterocycles.